The van der Waals surface area contributed by atoms with Crippen molar-refractivity contribution in [2.45, 2.75) is 12.3 Å². The second kappa shape index (κ2) is 3.56. The van der Waals surface area contributed by atoms with Gasteiger partial charge in [0.2, 0.25) is 0 Å². The van der Waals surface area contributed by atoms with Gasteiger partial charge in [-0.2, -0.15) is 0 Å². The Kier molecular flexibility index (Phi) is 2.38. The van der Waals surface area contributed by atoms with Crippen molar-refractivity contribution in [2.24, 2.45) is 0 Å². The second-order valence-corrected chi connectivity index (χ2v) is 3.56. The SMILES string of the molecule is O=Cc1cccnc1N1CCC(F)(F)C1. The average Bonchev–Trinajstić information content (AvgIpc) is 2.59. The third kappa shape index (κ3) is 1.95. The Morgan fingerprint density at radius 3 is 2.93 bits per heavy atom. The van der Waals surface area contributed by atoms with Crippen LogP contribution in [0, 0.1) is 0 Å². The summed E-state index contributed by atoms with van der Waals surface area (Å²) in [5.74, 6) is -2.32. The normalized spacial score (nSPS) is 19.2. The number of hydrogen-bond acceptors (Lipinski definition) is 3. The van der Waals surface area contributed by atoms with Gasteiger partial charge in [0.25, 0.3) is 5.92 Å². The van der Waals surface area contributed by atoms with E-state index in [2.05, 4.69) is 4.98 Å². The lowest BCUT2D eigenvalue weighted by atomic mass is 10.2. The average molecular weight is 212 g/mol. The lowest BCUT2D eigenvalue weighted by molar-refractivity contribution is 0.0256. The van der Waals surface area contributed by atoms with Crippen molar-refractivity contribution in [3.63, 3.8) is 0 Å². The van der Waals surface area contributed by atoms with Crippen LogP contribution in [0.1, 0.15) is 16.8 Å². The van der Waals surface area contributed by atoms with E-state index >= 15 is 0 Å². The van der Waals surface area contributed by atoms with Crippen molar-refractivity contribution in [2.75, 3.05) is 18.0 Å². The van der Waals surface area contributed by atoms with Gasteiger partial charge in [0.15, 0.2) is 6.29 Å². The maximum absolute atomic E-state index is 13.0. The minimum atomic E-state index is -2.67. The summed E-state index contributed by atoms with van der Waals surface area (Å²) >= 11 is 0. The van der Waals surface area contributed by atoms with Gasteiger partial charge in [-0.05, 0) is 12.1 Å². The first kappa shape index (κ1) is 10.0. The molecule has 0 spiro atoms. The monoisotopic (exact) mass is 212 g/mol. The van der Waals surface area contributed by atoms with Crippen LogP contribution in [-0.4, -0.2) is 30.3 Å². The molecule has 0 aliphatic carbocycles. The molecule has 2 heterocycles. The van der Waals surface area contributed by atoms with Crippen LogP contribution in [0.25, 0.3) is 0 Å². The Bertz CT molecular complexity index is 381. The van der Waals surface area contributed by atoms with E-state index in [4.69, 9.17) is 0 Å². The van der Waals surface area contributed by atoms with E-state index in [-0.39, 0.29) is 19.5 Å². The molecule has 1 saturated heterocycles. The van der Waals surface area contributed by atoms with Gasteiger partial charge < -0.3 is 4.90 Å². The predicted octanol–water partition coefficient (Wildman–Crippen LogP) is 1.74. The third-order valence-electron chi connectivity index (χ3n) is 2.41. The Labute approximate surface area is 85.7 Å². The van der Waals surface area contributed by atoms with Crippen molar-refractivity contribution >= 4 is 12.1 Å². The van der Waals surface area contributed by atoms with E-state index in [1.165, 1.54) is 11.1 Å². The third-order valence-corrected chi connectivity index (χ3v) is 2.41. The van der Waals surface area contributed by atoms with E-state index in [0.29, 0.717) is 17.7 Å². The van der Waals surface area contributed by atoms with Gasteiger partial charge >= 0.3 is 0 Å². The highest BCUT2D eigenvalue weighted by Gasteiger charge is 2.39. The quantitative estimate of drug-likeness (QED) is 0.700. The van der Waals surface area contributed by atoms with Gasteiger partial charge in [0, 0.05) is 19.2 Å². The summed E-state index contributed by atoms with van der Waals surface area (Å²) in [6, 6.07) is 3.19. The van der Waals surface area contributed by atoms with Gasteiger partial charge in [0.05, 0.1) is 12.1 Å². The maximum atomic E-state index is 13.0. The highest BCUT2D eigenvalue weighted by Crippen LogP contribution is 2.30. The Balaban J connectivity index is 2.27. The molecule has 80 valence electrons. The highest BCUT2D eigenvalue weighted by molar-refractivity contribution is 5.82. The molecule has 1 aliphatic rings. The smallest absolute Gasteiger partial charge is 0.266 e. The van der Waals surface area contributed by atoms with E-state index in [1.54, 1.807) is 12.1 Å². The van der Waals surface area contributed by atoms with Crippen LogP contribution < -0.4 is 4.90 Å². The summed E-state index contributed by atoms with van der Waals surface area (Å²) in [5.41, 5.74) is 0.357. The number of pyridine rings is 1. The number of alkyl halides is 2. The first-order chi connectivity index (χ1) is 7.12. The summed E-state index contributed by atoms with van der Waals surface area (Å²) in [5, 5.41) is 0. The molecule has 1 fully saturated rings. The van der Waals surface area contributed by atoms with Gasteiger partial charge in [-0.25, -0.2) is 13.8 Å². The van der Waals surface area contributed by atoms with Crippen LogP contribution in [0.5, 0.6) is 0 Å². The fourth-order valence-corrected chi connectivity index (χ4v) is 1.68. The number of carbonyl (C=O) groups is 1. The Morgan fingerprint density at radius 1 is 1.53 bits per heavy atom. The fraction of sp³-hybridized carbons (Fsp3) is 0.400. The number of carbonyl (C=O) groups excluding carboxylic acids is 1. The van der Waals surface area contributed by atoms with E-state index in [0.717, 1.165) is 0 Å². The highest BCUT2D eigenvalue weighted by atomic mass is 19.3. The minimum Gasteiger partial charge on any atom is -0.350 e. The van der Waals surface area contributed by atoms with E-state index in [9.17, 15) is 13.6 Å². The standard InChI is InChI=1S/C10H10F2N2O/c11-10(12)3-5-14(7-10)9-8(6-15)2-1-4-13-9/h1-2,4,6H,3,5,7H2. The molecule has 1 aromatic heterocycles. The van der Waals surface area contributed by atoms with E-state index in [1.807, 2.05) is 0 Å². The number of aromatic nitrogens is 1. The number of halogens is 2. The topological polar surface area (TPSA) is 33.2 Å². The van der Waals surface area contributed by atoms with Crippen LogP contribution in [0.2, 0.25) is 0 Å². The van der Waals surface area contributed by atoms with Crippen LogP contribution in [0.15, 0.2) is 18.3 Å². The molecule has 0 atom stereocenters. The van der Waals surface area contributed by atoms with E-state index < -0.39 is 5.92 Å². The zero-order valence-electron chi connectivity index (χ0n) is 7.99. The molecule has 0 aromatic carbocycles. The molecule has 5 heteroatoms. The zero-order chi connectivity index (χ0) is 10.9. The zero-order valence-corrected chi connectivity index (χ0v) is 7.99. The molecule has 0 amide bonds. The summed E-state index contributed by atoms with van der Waals surface area (Å²) in [6.45, 7) is -0.115. The molecular weight excluding hydrogens is 202 g/mol. The summed E-state index contributed by atoms with van der Waals surface area (Å²) in [7, 11) is 0. The van der Waals surface area contributed by atoms with Crippen molar-refractivity contribution in [1.82, 2.24) is 4.98 Å². The largest absolute Gasteiger partial charge is 0.350 e. The minimum absolute atomic E-state index is 0.179. The van der Waals surface area contributed by atoms with Crippen LogP contribution in [-0.2, 0) is 0 Å². The molecule has 2 rings (SSSR count). The molecule has 15 heavy (non-hydrogen) atoms. The molecule has 3 nitrogen and oxygen atoms in total. The number of hydrogen-bond donors (Lipinski definition) is 0. The lowest BCUT2D eigenvalue weighted by Gasteiger charge is -2.18. The van der Waals surface area contributed by atoms with Crippen molar-refractivity contribution in [3.8, 4) is 0 Å². The maximum Gasteiger partial charge on any atom is 0.266 e. The van der Waals surface area contributed by atoms with Gasteiger partial charge in [-0.1, -0.05) is 0 Å². The molecule has 0 radical (unpaired) electrons. The first-order valence-electron chi connectivity index (χ1n) is 4.65. The number of aldehydes is 1. The number of rotatable bonds is 2. The number of nitrogens with zero attached hydrogens (tertiary/aromatic N) is 2. The summed E-state index contributed by atoms with van der Waals surface area (Å²) in [4.78, 5) is 16.1. The molecule has 0 unspecified atom stereocenters. The predicted molar refractivity (Wildman–Crippen MR) is 51.4 cm³/mol. The van der Waals surface area contributed by atoms with Crippen molar-refractivity contribution < 1.29 is 13.6 Å². The second-order valence-electron chi connectivity index (χ2n) is 3.56. The van der Waals surface area contributed by atoms with Crippen LogP contribution in [0.3, 0.4) is 0 Å². The first-order valence-corrected chi connectivity index (χ1v) is 4.65. The lowest BCUT2D eigenvalue weighted by Crippen LogP contribution is -2.26. The molecule has 1 aliphatic heterocycles. The van der Waals surface area contributed by atoms with Crippen molar-refractivity contribution in [1.29, 1.82) is 0 Å². The fourth-order valence-electron chi connectivity index (χ4n) is 1.68. The van der Waals surface area contributed by atoms with Crippen LogP contribution >= 0.6 is 0 Å². The number of anilines is 1. The van der Waals surface area contributed by atoms with Gasteiger partial charge in [-0.3, -0.25) is 4.79 Å². The summed E-state index contributed by atoms with van der Waals surface area (Å²) < 4.78 is 25.9. The summed E-state index contributed by atoms with van der Waals surface area (Å²) in [6.07, 6.45) is 1.96. The molecule has 0 saturated carbocycles. The molecular formula is C10H10F2N2O. The van der Waals surface area contributed by atoms with Crippen LogP contribution in [0.4, 0.5) is 14.6 Å². The Morgan fingerprint density at radius 2 is 2.33 bits per heavy atom. The molecule has 0 bridgehead atoms. The molecule has 0 N–H and O–H groups in total. The van der Waals surface area contributed by atoms with Crippen molar-refractivity contribution in [3.05, 3.63) is 23.9 Å². The Hall–Kier alpha value is -1.52. The molecule has 1 aromatic rings. The van der Waals surface area contributed by atoms with Gasteiger partial charge in [-0.15, -0.1) is 0 Å². The van der Waals surface area contributed by atoms with Gasteiger partial charge in [0.1, 0.15) is 5.82 Å².